The number of amides is 1. The predicted octanol–water partition coefficient (Wildman–Crippen LogP) is 3.62. The molecular weight excluding hydrogens is 316 g/mol. The smallest absolute Gasteiger partial charge is 0.225 e. The van der Waals surface area contributed by atoms with Gasteiger partial charge < -0.3 is 20.2 Å². The molecule has 0 saturated heterocycles. The van der Waals surface area contributed by atoms with Gasteiger partial charge in [-0.15, -0.1) is 0 Å². The van der Waals surface area contributed by atoms with E-state index in [2.05, 4.69) is 24.5 Å². The Morgan fingerprint density at radius 3 is 2.56 bits per heavy atom. The summed E-state index contributed by atoms with van der Waals surface area (Å²) in [5.74, 6) is 0.795. The fourth-order valence-electron chi connectivity index (χ4n) is 2.71. The maximum Gasteiger partial charge on any atom is 0.225 e. The average Bonchev–Trinajstić information content (AvgIpc) is 3.08. The number of furan rings is 1. The Hall–Kier alpha value is -2.11. The van der Waals surface area contributed by atoms with E-state index in [4.69, 9.17) is 4.42 Å². The van der Waals surface area contributed by atoms with E-state index in [0.29, 0.717) is 24.6 Å². The second-order valence-electron chi connectivity index (χ2n) is 7.03. The lowest BCUT2D eigenvalue weighted by Gasteiger charge is -2.24. The van der Waals surface area contributed by atoms with Crippen molar-refractivity contribution in [3.63, 3.8) is 0 Å². The van der Waals surface area contributed by atoms with E-state index < -0.39 is 5.60 Å². The number of aliphatic hydroxyl groups is 1. The van der Waals surface area contributed by atoms with Crippen LogP contribution in [0.4, 0.5) is 5.69 Å². The summed E-state index contributed by atoms with van der Waals surface area (Å²) in [7, 11) is 0. The number of rotatable bonds is 8. The zero-order valence-electron chi connectivity index (χ0n) is 15.4. The largest absolute Gasteiger partial charge is 0.466 e. The van der Waals surface area contributed by atoms with Gasteiger partial charge in [0.1, 0.15) is 11.4 Å². The number of benzene rings is 1. The number of anilines is 1. The van der Waals surface area contributed by atoms with Gasteiger partial charge in [-0.25, -0.2) is 0 Å². The van der Waals surface area contributed by atoms with E-state index >= 15 is 0 Å². The van der Waals surface area contributed by atoms with Crippen molar-refractivity contribution in [2.75, 3.05) is 11.9 Å². The molecule has 1 aromatic carbocycles. The van der Waals surface area contributed by atoms with Gasteiger partial charge in [0, 0.05) is 24.7 Å². The summed E-state index contributed by atoms with van der Waals surface area (Å²) in [6, 6.07) is 11.3. The molecule has 0 bridgehead atoms. The molecule has 0 aliphatic carbocycles. The maximum atomic E-state index is 12.3. The molecule has 0 saturated carbocycles. The molecule has 2 rings (SSSR count). The third kappa shape index (κ3) is 5.44. The first-order valence-corrected chi connectivity index (χ1v) is 8.68. The number of carbonyl (C=O) groups is 1. The normalized spacial score (nSPS) is 15.0. The Morgan fingerprint density at radius 1 is 1.20 bits per heavy atom. The van der Waals surface area contributed by atoms with Gasteiger partial charge in [-0.2, -0.15) is 0 Å². The second-order valence-corrected chi connectivity index (χ2v) is 7.03. The number of nitrogens with one attached hydrogen (secondary N) is 2. The van der Waals surface area contributed by atoms with Gasteiger partial charge >= 0.3 is 0 Å². The van der Waals surface area contributed by atoms with Crippen LogP contribution < -0.4 is 10.6 Å². The van der Waals surface area contributed by atoms with Gasteiger partial charge in [0.05, 0.1) is 6.26 Å². The molecule has 2 unspecified atom stereocenters. The van der Waals surface area contributed by atoms with Crippen LogP contribution in [0.2, 0.25) is 0 Å². The highest BCUT2D eigenvalue weighted by Crippen LogP contribution is 2.24. The number of hydrogen-bond donors (Lipinski definition) is 3. The van der Waals surface area contributed by atoms with Crippen molar-refractivity contribution in [2.45, 2.75) is 51.7 Å². The third-order valence-corrected chi connectivity index (χ3v) is 4.20. The standard InChI is InChI=1S/C20H28N2O3/c1-14(2)16-8-5-6-9-17(16)22-19(23)12-15(3)21-13-20(4,24)18-10-7-11-25-18/h5-11,14-15,21,24H,12-13H2,1-4H3,(H,22,23). The minimum Gasteiger partial charge on any atom is -0.466 e. The molecule has 1 amide bonds. The van der Waals surface area contributed by atoms with Gasteiger partial charge in [-0.1, -0.05) is 32.0 Å². The Labute approximate surface area is 149 Å². The van der Waals surface area contributed by atoms with E-state index in [1.165, 1.54) is 6.26 Å². The first kappa shape index (κ1) is 19.2. The van der Waals surface area contributed by atoms with E-state index in [1.807, 2.05) is 31.2 Å². The first-order valence-electron chi connectivity index (χ1n) is 8.68. The van der Waals surface area contributed by atoms with Crippen LogP contribution in [-0.4, -0.2) is 23.6 Å². The quantitative estimate of drug-likeness (QED) is 0.684. The molecule has 0 radical (unpaired) electrons. The van der Waals surface area contributed by atoms with Crippen LogP contribution >= 0.6 is 0 Å². The van der Waals surface area contributed by atoms with E-state index in [9.17, 15) is 9.90 Å². The molecule has 3 N–H and O–H groups in total. The molecule has 136 valence electrons. The Balaban J connectivity index is 1.86. The molecule has 2 atom stereocenters. The summed E-state index contributed by atoms with van der Waals surface area (Å²) in [4.78, 5) is 12.3. The SMILES string of the molecule is CC(CC(=O)Nc1ccccc1C(C)C)NCC(C)(O)c1ccco1. The van der Waals surface area contributed by atoms with E-state index in [0.717, 1.165) is 11.3 Å². The molecule has 5 heteroatoms. The van der Waals surface area contributed by atoms with Gasteiger partial charge in [-0.3, -0.25) is 4.79 Å². The Bertz CT molecular complexity index is 678. The summed E-state index contributed by atoms with van der Waals surface area (Å²) in [5.41, 5.74) is 0.868. The van der Waals surface area contributed by atoms with Crippen molar-refractivity contribution in [2.24, 2.45) is 0 Å². The van der Waals surface area contributed by atoms with Crippen LogP contribution in [0.3, 0.4) is 0 Å². The van der Waals surface area contributed by atoms with E-state index in [1.54, 1.807) is 19.1 Å². The van der Waals surface area contributed by atoms with Crippen molar-refractivity contribution < 1.29 is 14.3 Å². The fourth-order valence-corrected chi connectivity index (χ4v) is 2.71. The van der Waals surface area contributed by atoms with Crippen LogP contribution in [0.25, 0.3) is 0 Å². The topological polar surface area (TPSA) is 74.5 Å². The molecule has 0 aliphatic rings. The van der Waals surface area contributed by atoms with Crippen LogP contribution in [0, 0.1) is 0 Å². The molecule has 0 fully saturated rings. The predicted molar refractivity (Wildman–Crippen MR) is 99.5 cm³/mol. The van der Waals surface area contributed by atoms with Crippen LogP contribution in [0.5, 0.6) is 0 Å². The zero-order chi connectivity index (χ0) is 18.4. The highest BCUT2D eigenvalue weighted by Gasteiger charge is 2.26. The van der Waals surface area contributed by atoms with Gasteiger partial charge in [-0.05, 0) is 43.5 Å². The summed E-state index contributed by atoms with van der Waals surface area (Å²) in [6.07, 6.45) is 1.85. The van der Waals surface area contributed by atoms with Crippen LogP contribution in [-0.2, 0) is 10.4 Å². The molecule has 5 nitrogen and oxygen atoms in total. The summed E-state index contributed by atoms with van der Waals surface area (Å²) >= 11 is 0. The molecule has 0 aliphatic heterocycles. The highest BCUT2D eigenvalue weighted by molar-refractivity contribution is 5.91. The lowest BCUT2D eigenvalue weighted by molar-refractivity contribution is -0.116. The van der Waals surface area contributed by atoms with Crippen molar-refractivity contribution in [1.82, 2.24) is 5.32 Å². The molecular formula is C20H28N2O3. The first-order chi connectivity index (χ1) is 11.8. The lowest BCUT2D eigenvalue weighted by Crippen LogP contribution is -2.40. The monoisotopic (exact) mass is 344 g/mol. The van der Waals surface area contributed by atoms with Crippen LogP contribution in [0.15, 0.2) is 47.1 Å². The summed E-state index contributed by atoms with van der Waals surface area (Å²) in [6.45, 7) is 8.12. The Morgan fingerprint density at radius 2 is 1.92 bits per heavy atom. The number of carbonyl (C=O) groups excluding carboxylic acids is 1. The molecule has 1 heterocycles. The summed E-state index contributed by atoms with van der Waals surface area (Å²) in [5, 5.41) is 16.6. The Kier molecular flexibility index (Phi) is 6.39. The molecule has 0 spiro atoms. The molecule has 2 aromatic rings. The zero-order valence-corrected chi connectivity index (χ0v) is 15.4. The average molecular weight is 344 g/mol. The second kappa shape index (κ2) is 8.32. The minimum absolute atomic E-state index is 0.0502. The van der Waals surface area contributed by atoms with Crippen molar-refractivity contribution in [1.29, 1.82) is 0 Å². The van der Waals surface area contributed by atoms with Crippen molar-refractivity contribution in [3.05, 3.63) is 54.0 Å². The molecule has 1 aromatic heterocycles. The number of para-hydroxylation sites is 1. The molecule has 25 heavy (non-hydrogen) atoms. The maximum absolute atomic E-state index is 12.3. The highest BCUT2D eigenvalue weighted by atomic mass is 16.4. The summed E-state index contributed by atoms with van der Waals surface area (Å²) < 4.78 is 5.26. The van der Waals surface area contributed by atoms with Gasteiger partial charge in [0.25, 0.3) is 0 Å². The number of hydrogen-bond acceptors (Lipinski definition) is 4. The van der Waals surface area contributed by atoms with Gasteiger partial charge in [0.15, 0.2) is 0 Å². The lowest BCUT2D eigenvalue weighted by atomic mass is 10.0. The minimum atomic E-state index is -1.11. The van der Waals surface area contributed by atoms with E-state index in [-0.39, 0.29) is 11.9 Å². The van der Waals surface area contributed by atoms with Crippen molar-refractivity contribution >= 4 is 11.6 Å². The fraction of sp³-hybridized carbons (Fsp3) is 0.450. The van der Waals surface area contributed by atoms with Gasteiger partial charge in [0.2, 0.25) is 5.91 Å². The third-order valence-electron chi connectivity index (χ3n) is 4.20. The van der Waals surface area contributed by atoms with Crippen molar-refractivity contribution in [3.8, 4) is 0 Å². The van der Waals surface area contributed by atoms with Crippen LogP contribution in [0.1, 0.15) is 51.4 Å².